The first-order valence-electron chi connectivity index (χ1n) is 6.84. The van der Waals surface area contributed by atoms with Crippen LogP contribution in [-0.4, -0.2) is 13.7 Å². The average molecular weight is 308 g/mol. The van der Waals surface area contributed by atoms with E-state index in [1.807, 2.05) is 19.2 Å². The van der Waals surface area contributed by atoms with Crippen molar-refractivity contribution in [2.24, 2.45) is 0 Å². The van der Waals surface area contributed by atoms with E-state index in [0.717, 1.165) is 30.2 Å². The van der Waals surface area contributed by atoms with E-state index in [1.165, 1.54) is 21.6 Å². The second-order valence-corrected chi connectivity index (χ2v) is 6.55. The molecule has 2 aromatic rings. The van der Waals surface area contributed by atoms with Gasteiger partial charge in [-0.2, -0.15) is 0 Å². The maximum Gasteiger partial charge on any atom is 0.125 e. The SMILES string of the molecule is CNC(Cc1cc(Cl)cc2c1OCC2)c1sccc1C. The molecule has 0 amide bonds. The van der Waals surface area contributed by atoms with E-state index in [9.17, 15) is 0 Å². The van der Waals surface area contributed by atoms with Crippen molar-refractivity contribution in [3.05, 3.63) is 50.2 Å². The Labute approximate surface area is 128 Å². The van der Waals surface area contributed by atoms with Crippen molar-refractivity contribution >= 4 is 22.9 Å². The van der Waals surface area contributed by atoms with Crippen LogP contribution >= 0.6 is 22.9 Å². The summed E-state index contributed by atoms with van der Waals surface area (Å²) in [5, 5.41) is 6.37. The zero-order chi connectivity index (χ0) is 14.1. The predicted molar refractivity (Wildman–Crippen MR) is 85.2 cm³/mol. The van der Waals surface area contributed by atoms with Crippen LogP contribution in [-0.2, 0) is 12.8 Å². The number of thiophene rings is 1. The lowest BCUT2D eigenvalue weighted by Gasteiger charge is -2.18. The zero-order valence-corrected chi connectivity index (χ0v) is 13.3. The van der Waals surface area contributed by atoms with Crippen LogP contribution in [0.15, 0.2) is 23.6 Å². The summed E-state index contributed by atoms with van der Waals surface area (Å²) in [4.78, 5) is 1.39. The van der Waals surface area contributed by atoms with Gasteiger partial charge in [0, 0.05) is 22.4 Å². The Morgan fingerprint density at radius 1 is 1.45 bits per heavy atom. The van der Waals surface area contributed by atoms with E-state index in [2.05, 4.69) is 23.7 Å². The van der Waals surface area contributed by atoms with Gasteiger partial charge in [0.25, 0.3) is 0 Å². The predicted octanol–water partition coefficient (Wildman–Crippen LogP) is 4.15. The molecule has 0 aliphatic carbocycles. The second-order valence-electron chi connectivity index (χ2n) is 5.16. The Balaban J connectivity index is 1.92. The summed E-state index contributed by atoms with van der Waals surface area (Å²) in [6.45, 7) is 2.93. The Bertz CT molecular complexity index is 623. The van der Waals surface area contributed by atoms with Crippen molar-refractivity contribution in [3.63, 3.8) is 0 Å². The van der Waals surface area contributed by atoms with Crippen LogP contribution in [0.3, 0.4) is 0 Å². The first-order chi connectivity index (χ1) is 9.69. The number of ether oxygens (including phenoxy) is 1. The van der Waals surface area contributed by atoms with Gasteiger partial charge < -0.3 is 10.1 Å². The minimum atomic E-state index is 0.307. The van der Waals surface area contributed by atoms with E-state index in [0.29, 0.717) is 6.04 Å². The van der Waals surface area contributed by atoms with Crippen LogP contribution in [0.4, 0.5) is 0 Å². The molecule has 1 aromatic heterocycles. The van der Waals surface area contributed by atoms with Crippen molar-refractivity contribution in [2.75, 3.05) is 13.7 Å². The molecule has 3 rings (SSSR count). The third kappa shape index (κ3) is 2.58. The number of benzene rings is 1. The number of hydrogen-bond donors (Lipinski definition) is 1. The fraction of sp³-hybridized carbons (Fsp3) is 0.375. The number of fused-ring (bicyclic) bond motifs is 1. The second kappa shape index (κ2) is 5.76. The molecular formula is C16H18ClNOS. The lowest BCUT2D eigenvalue weighted by molar-refractivity contribution is 0.352. The third-order valence-corrected chi connectivity index (χ3v) is 5.17. The van der Waals surface area contributed by atoms with Crippen molar-refractivity contribution in [3.8, 4) is 5.75 Å². The summed E-state index contributed by atoms with van der Waals surface area (Å²) in [6.07, 6.45) is 1.87. The number of halogens is 1. The summed E-state index contributed by atoms with van der Waals surface area (Å²) >= 11 is 8.04. The Morgan fingerprint density at radius 3 is 3.00 bits per heavy atom. The summed E-state index contributed by atoms with van der Waals surface area (Å²) in [5.41, 5.74) is 3.79. The van der Waals surface area contributed by atoms with Crippen LogP contribution in [0.25, 0.3) is 0 Å². The third-order valence-electron chi connectivity index (χ3n) is 3.82. The summed E-state index contributed by atoms with van der Waals surface area (Å²) in [5.74, 6) is 1.05. The van der Waals surface area contributed by atoms with Crippen LogP contribution in [0.5, 0.6) is 5.75 Å². The van der Waals surface area contributed by atoms with Gasteiger partial charge in [-0.15, -0.1) is 11.3 Å². The molecule has 1 unspecified atom stereocenters. The van der Waals surface area contributed by atoms with Crippen molar-refractivity contribution in [2.45, 2.75) is 25.8 Å². The number of aryl methyl sites for hydroxylation is 1. The van der Waals surface area contributed by atoms with E-state index in [4.69, 9.17) is 16.3 Å². The van der Waals surface area contributed by atoms with Crippen molar-refractivity contribution < 1.29 is 4.74 Å². The molecule has 1 aromatic carbocycles. The van der Waals surface area contributed by atoms with Crippen LogP contribution in [0.1, 0.15) is 27.6 Å². The molecular weight excluding hydrogens is 290 g/mol. The number of nitrogens with one attached hydrogen (secondary N) is 1. The van der Waals surface area contributed by atoms with Crippen LogP contribution in [0.2, 0.25) is 5.02 Å². The lowest BCUT2D eigenvalue weighted by atomic mass is 9.99. The molecule has 0 fully saturated rings. The normalized spacial score (nSPS) is 14.9. The Kier molecular flexibility index (Phi) is 4.01. The highest BCUT2D eigenvalue weighted by atomic mass is 35.5. The first kappa shape index (κ1) is 13.9. The monoisotopic (exact) mass is 307 g/mol. The maximum absolute atomic E-state index is 6.24. The average Bonchev–Trinajstić information content (AvgIpc) is 3.04. The largest absolute Gasteiger partial charge is 0.493 e. The van der Waals surface area contributed by atoms with Gasteiger partial charge in [0.15, 0.2) is 0 Å². The van der Waals surface area contributed by atoms with Crippen LogP contribution in [0, 0.1) is 6.92 Å². The molecule has 2 nitrogen and oxygen atoms in total. The van der Waals surface area contributed by atoms with Crippen molar-refractivity contribution in [1.82, 2.24) is 5.32 Å². The Morgan fingerprint density at radius 2 is 2.30 bits per heavy atom. The zero-order valence-electron chi connectivity index (χ0n) is 11.7. The minimum Gasteiger partial charge on any atom is -0.493 e. The molecule has 20 heavy (non-hydrogen) atoms. The van der Waals surface area contributed by atoms with Gasteiger partial charge in [0.05, 0.1) is 6.61 Å². The number of hydrogen-bond acceptors (Lipinski definition) is 3. The maximum atomic E-state index is 6.24. The van der Waals surface area contributed by atoms with Gasteiger partial charge in [-0.1, -0.05) is 11.6 Å². The molecule has 0 spiro atoms. The molecule has 0 bridgehead atoms. The van der Waals surface area contributed by atoms with Gasteiger partial charge in [0.1, 0.15) is 5.75 Å². The van der Waals surface area contributed by atoms with E-state index < -0.39 is 0 Å². The van der Waals surface area contributed by atoms with Gasteiger partial charge in [-0.25, -0.2) is 0 Å². The Hall–Kier alpha value is -1.03. The van der Waals surface area contributed by atoms with Gasteiger partial charge in [-0.3, -0.25) is 0 Å². The molecule has 1 N–H and O–H groups in total. The highest BCUT2D eigenvalue weighted by Crippen LogP contribution is 2.36. The lowest BCUT2D eigenvalue weighted by Crippen LogP contribution is -2.18. The summed E-state index contributed by atoms with van der Waals surface area (Å²) < 4.78 is 5.79. The topological polar surface area (TPSA) is 21.3 Å². The molecule has 1 atom stereocenters. The van der Waals surface area contributed by atoms with Gasteiger partial charge >= 0.3 is 0 Å². The standard InChI is InChI=1S/C16H18ClNOS/c1-10-4-6-20-16(10)14(18-2)9-12-8-13(17)7-11-3-5-19-15(11)12/h4,6-8,14,18H,3,5,9H2,1-2H3. The summed E-state index contributed by atoms with van der Waals surface area (Å²) in [7, 11) is 2.01. The van der Waals surface area contributed by atoms with Crippen molar-refractivity contribution in [1.29, 1.82) is 0 Å². The van der Waals surface area contributed by atoms with E-state index >= 15 is 0 Å². The fourth-order valence-electron chi connectivity index (χ4n) is 2.78. The molecule has 4 heteroatoms. The van der Waals surface area contributed by atoms with Crippen LogP contribution < -0.4 is 10.1 Å². The fourth-order valence-corrected chi connectivity index (χ4v) is 4.09. The molecule has 106 valence electrons. The molecule has 0 saturated heterocycles. The molecule has 0 saturated carbocycles. The molecule has 0 radical (unpaired) electrons. The van der Waals surface area contributed by atoms with E-state index in [-0.39, 0.29) is 0 Å². The summed E-state index contributed by atoms with van der Waals surface area (Å²) in [6, 6.07) is 6.54. The highest BCUT2D eigenvalue weighted by Gasteiger charge is 2.21. The first-order valence-corrected chi connectivity index (χ1v) is 8.10. The van der Waals surface area contributed by atoms with Gasteiger partial charge in [0.2, 0.25) is 0 Å². The van der Waals surface area contributed by atoms with Gasteiger partial charge in [-0.05, 0) is 60.7 Å². The quantitative estimate of drug-likeness (QED) is 0.916. The number of rotatable bonds is 4. The minimum absolute atomic E-state index is 0.307. The van der Waals surface area contributed by atoms with E-state index in [1.54, 1.807) is 11.3 Å². The highest BCUT2D eigenvalue weighted by molar-refractivity contribution is 7.10. The molecule has 1 aliphatic rings. The molecule has 2 heterocycles. The smallest absolute Gasteiger partial charge is 0.125 e. The molecule has 1 aliphatic heterocycles. The number of likely N-dealkylation sites (N-methyl/N-ethyl adjacent to an activating group) is 1.